The summed E-state index contributed by atoms with van der Waals surface area (Å²) in [7, 11) is 0. The van der Waals surface area contributed by atoms with Gasteiger partial charge in [0.1, 0.15) is 5.15 Å². The van der Waals surface area contributed by atoms with Crippen LogP contribution in [0.2, 0.25) is 5.15 Å². The summed E-state index contributed by atoms with van der Waals surface area (Å²) in [5, 5.41) is 4.57. The molecule has 3 nitrogen and oxygen atoms in total. The fourth-order valence-electron chi connectivity index (χ4n) is 1.02. The fraction of sp³-hybridized carbons (Fsp3) is 0.143. The molecule has 0 saturated carbocycles. The lowest BCUT2D eigenvalue weighted by Crippen LogP contribution is -1.95. The minimum absolute atomic E-state index is 0.0256. The van der Waals surface area contributed by atoms with Crippen molar-refractivity contribution >= 4 is 65.0 Å². The maximum absolute atomic E-state index is 5.99. The molecule has 2 heterocycles. The Morgan fingerprint density at radius 3 is 2.79 bits per heavy atom. The van der Waals surface area contributed by atoms with E-state index in [-0.39, 0.29) is 3.74 Å². The Kier molecular flexibility index (Phi) is 3.16. The molecule has 2 rings (SSSR count). The van der Waals surface area contributed by atoms with Crippen LogP contribution in [0.5, 0.6) is 0 Å². The third-order valence-electron chi connectivity index (χ3n) is 1.66. The molecule has 14 heavy (non-hydrogen) atoms. The molecule has 0 N–H and O–H groups in total. The molecule has 74 valence electrons. The van der Waals surface area contributed by atoms with Gasteiger partial charge < -0.3 is 0 Å². The maximum Gasteiger partial charge on any atom is 0.170 e. The third-order valence-corrected chi connectivity index (χ3v) is 3.51. The number of alkyl halides is 2. The van der Waals surface area contributed by atoms with E-state index >= 15 is 0 Å². The number of hydrogen-bond donors (Lipinski definition) is 0. The Labute approximate surface area is 110 Å². The molecule has 0 aliphatic rings. The topological polar surface area (TPSA) is 30.2 Å². The second-order valence-corrected chi connectivity index (χ2v) is 6.82. The molecule has 0 unspecified atom stereocenters. The second-order valence-electron chi connectivity index (χ2n) is 2.55. The van der Waals surface area contributed by atoms with Crippen molar-refractivity contribution < 1.29 is 0 Å². The molecule has 0 bridgehead atoms. The standard InChI is InChI=1S/C7H3Br3ClN3/c8-4-1-12-14-2-3(5(9)10)6(11)13-7(4)14/h1-2,5H. The number of fused-ring (bicyclic) bond motifs is 1. The summed E-state index contributed by atoms with van der Waals surface area (Å²) >= 11 is 16.1. The average molecular weight is 404 g/mol. The van der Waals surface area contributed by atoms with Crippen molar-refractivity contribution in [3.63, 3.8) is 0 Å². The van der Waals surface area contributed by atoms with Gasteiger partial charge in [-0.2, -0.15) is 5.10 Å². The van der Waals surface area contributed by atoms with Crippen LogP contribution in [0.15, 0.2) is 16.9 Å². The highest BCUT2D eigenvalue weighted by Gasteiger charge is 2.12. The van der Waals surface area contributed by atoms with Gasteiger partial charge >= 0.3 is 0 Å². The highest BCUT2D eigenvalue weighted by atomic mass is 79.9. The lowest BCUT2D eigenvalue weighted by atomic mass is 10.4. The molecule has 0 aliphatic carbocycles. The summed E-state index contributed by atoms with van der Waals surface area (Å²) in [6.45, 7) is 0. The minimum Gasteiger partial charge on any atom is -0.221 e. The molecule has 0 atom stereocenters. The monoisotopic (exact) mass is 401 g/mol. The van der Waals surface area contributed by atoms with Gasteiger partial charge in [-0.3, -0.25) is 0 Å². The lowest BCUT2D eigenvalue weighted by molar-refractivity contribution is 0.926. The zero-order valence-corrected chi connectivity index (χ0v) is 12.1. The van der Waals surface area contributed by atoms with Crippen LogP contribution in [-0.4, -0.2) is 14.6 Å². The molecule has 0 spiro atoms. The highest BCUT2D eigenvalue weighted by molar-refractivity contribution is 9.24. The summed E-state index contributed by atoms with van der Waals surface area (Å²) < 4.78 is 2.47. The smallest absolute Gasteiger partial charge is 0.170 e. The van der Waals surface area contributed by atoms with Gasteiger partial charge in [-0.25, -0.2) is 9.50 Å². The van der Waals surface area contributed by atoms with Gasteiger partial charge in [0.15, 0.2) is 5.65 Å². The van der Waals surface area contributed by atoms with Crippen LogP contribution in [-0.2, 0) is 0 Å². The lowest BCUT2D eigenvalue weighted by Gasteiger charge is -2.04. The number of halogens is 4. The molecule has 7 heteroatoms. The van der Waals surface area contributed by atoms with Crippen molar-refractivity contribution in [2.24, 2.45) is 0 Å². The van der Waals surface area contributed by atoms with Crippen LogP contribution >= 0.6 is 59.4 Å². The van der Waals surface area contributed by atoms with Crippen LogP contribution in [0.25, 0.3) is 5.65 Å². The molecule has 0 saturated heterocycles. The zero-order valence-electron chi connectivity index (χ0n) is 6.59. The molecule has 2 aromatic heterocycles. The summed E-state index contributed by atoms with van der Waals surface area (Å²) in [5.74, 6) is 0. The Hall–Kier alpha value is 0.350. The first-order valence-electron chi connectivity index (χ1n) is 3.57. The first-order chi connectivity index (χ1) is 6.59. The van der Waals surface area contributed by atoms with E-state index in [1.807, 2.05) is 6.20 Å². The first kappa shape index (κ1) is 10.9. The third kappa shape index (κ3) is 1.85. The largest absolute Gasteiger partial charge is 0.221 e. The molecule has 0 radical (unpaired) electrons. The van der Waals surface area contributed by atoms with Crippen LogP contribution in [0.1, 0.15) is 9.30 Å². The first-order valence-corrected chi connectivity index (χ1v) is 6.57. The summed E-state index contributed by atoms with van der Waals surface area (Å²) in [6, 6.07) is 0. The van der Waals surface area contributed by atoms with Gasteiger partial charge in [0, 0.05) is 11.8 Å². The Morgan fingerprint density at radius 1 is 1.43 bits per heavy atom. The van der Waals surface area contributed by atoms with Gasteiger partial charge in [0.2, 0.25) is 0 Å². The van der Waals surface area contributed by atoms with Crippen molar-refractivity contribution in [3.05, 3.63) is 27.6 Å². The number of nitrogens with zero attached hydrogens (tertiary/aromatic N) is 3. The number of hydrogen-bond acceptors (Lipinski definition) is 2. The van der Waals surface area contributed by atoms with E-state index in [1.165, 1.54) is 0 Å². The summed E-state index contributed by atoms with van der Waals surface area (Å²) in [4.78, 5) is 4.22. The summed E-state index contributed by atoms with van der Waals surface area (Å²) in [6.07, 6.45) is 3.50. The molecular formula is C7H3Br3ClN3. The van der Waals surface area contributed by atoms with Crippen molar-refractivity contribution in [2.45, 2.75) is 3.74 Å². The second kappa shape index (κ2) is 4.08. The Morgan fingerprint density at radius 2 is 2.14 bits per heavy atom. The SMILES string of the molecule is Clc1nc2c(Br)cnn2cc1C(Br)Br. The van der Waals surface area contributed by atoms with E-state index in [1.54, 1.807) is 10.7 Å². The maximum atomic E-state index is 5.99. The molecule has 0 aromatic carbocycles. The van der Waals surface area contributed by atoms with Gasteiger partial charge in [-0.05, 0) is 15.9 Å². The van der Waals surface area contributed by atoms with Crippen LogP contribution in [0.4, 0.5) is 0 Å². The Bertz CT molecular complexity index is 482. The number of aromatic nitrogens is 3. The van der Waals surface area contributed by atoms with Crippen LogP contribution in [0.3, 0.4) is 0 Å². The van der Waals surface area contributed by atoms with E-state index in [2.05, 4.69) is 57.9 Å². The van der Waals surface area contributed by atoms with Gasteiger partial charge in [0.05, 0.1) is 14.4 Å². The van der Waals surface area contributed by atoms with Gasteiger partial charge in [-0.15, -0.1) is 0 Å². The molecule has 0 amide bonds. The van der Waals surface area contributed by atoms with E-state index in [0.717, 1.165) is 10.0 Å². The van der Waals surface area contributed by atoms with Crippen molar-refractivity contribution in [3.8, 4) is 0 Å². The fourth-order valence-corrected chi connectivity index (χ4v) is 2.56. The predicted octanol–water partition coefficient (Wildman–Crippen LogP) is 3.93. The normalized spacial score (nSPS) is 11.5. The van der Waals surface area contributed by atoms with E-state index in [0.29, 0.717) is 10.8 Å². The van der Waals surface area contributed by atoms with Crippen molar-refractivity contribution in [1.29, 1.82) is 0 Å². The van der Waals surface area contributed by atoms with Gasteiger partial charge in [0.25, 0.3) is 0 Å². The quantitative estimate of drug-likeness (QED) is 0.533. The van der Waals surface area contributed by atoms with E-state index in [9.17, 15) is 0 Å². The molecule has 2 aromatic rings. The van der Waals surface area contributed by atoms with Gasteiger partial charge in [-0.1, -0.05) is 43.5 Å². The van der Waals surface area contributed by atoms with Crippen molar-refractivity contribution in [1.82, 2.24) is 14.6 Å². The molecule has 0 fully saturated rings. The van der Waals surface area contributed by atoms with Crippen LogP contribution in [0, 0.1) is 0 Å². The minimum atomic E-state index is -0.0256. The number of rotatable bonds is 1. The zero-order chi connectivity index (χ0) is 10.3. The van der Waals surface area contributed by atoms with E-state index in [4.69, 9.17) is 11.6 Å². The summed E-state index contributed by atoms with van der Waals surface area (Å²) in [5.41, 5.74) is 1.55. The van der Waals surface area contributed by atoms with Crippen LogP contribution < -0.4 is 0 Å². The average Bonchev–Trinajstić information content (AvgIpc) is 2.46. The highest BCUT2D eigenvalue weighted by Crippen LogP contribution is 2.33. The Balaban J connectivity index is 2.72. The molecule has 0 aliphatic heterocycles. The molecular weight excluding hydrogens is 401 g/mol. The van der Waals surface area contributed by atoms with Crippen molar-refractivity contribution in [2.75, 3.05) is 0 Å². The predicted molar refractivity (Wildman–Crippen MR) is 66.3 cm³/mol. The van der Waals surface area contributed by atoms with E-state index < -0.39 is 0 Å².